The molecule has 1 aliphatic rings. The van der Waals surface area contributed by atoms with E-state index in [1.54, 1.807) is 18.4 Å². The van der Waals surface area contributed by atoms with Gasteiger partial charge in [0.25, 0.3) is 0 Å². The number of rotatable bonds is 4. The Kier molecular flexibility index (Phi) is 9.23. The molecule has 0 amide bonds. The molecule has 130 valence electrons. The van der Waals surface area contributed by atoms with E-state index in [0.717, 1.165) is 36.2 Å². The maximum absolute atomic E-state index is 11.8. The van der Waals surface area contributed by atoms with Gasteiger partial charge in [-0.25, -0.2) is 0 Å². The number of nitrogens with zero attached hydrogens (tertiary/aromatic N) is 2. The van der Waals surface area contributed by atoms with Crippen LogP contribution in [0.25, 0.3) is 0 Å². The highest BCUT2D eigenvalue weighted by Gasteiger charge is 2.27. The molecular weight excluding hydrogens is 449 g/mol. The van der Waals surface area contributed by atoms with Gasteiger partial charge in [-0.2, -0.15) is 0 Å². The second-order valence-corrected chi connectivity index (χ2v) is 6.92. The summed E-state index contributed by atoms with van der Waals surface area (Å²) in [5, 5.41) is 3.35. The van der Waals surface area contributed by atoms with Crippen molar-refractivity contribution in [2.75, 3.05) is 26.7 Å². The molecule has 8 heteroatoms. The summed E-state index contributed by atoms with van der Waals surface area (Å²) in [6.45, 7) is 4.63. The second-order valence-electron chi connectivity index (χ2n) is 5.12. The quantitative estimate of drug-likeness (QED) is 0.317. The fraction of sp³-hybridized carbons (Fsp3) is 0.600. The van der Waals surface area contributed by atoms with Gasteiger partial charge in [0.1, 0.15) is 0 Å². The van der Waals surface area contributed by atoms with Crippen LogP contribution in [0.5, 0.6) is 0 Å². The largest absolute Gasteiger partial charge is 0.466 e. The number of carbonyl (C=O) groups excluding carboxylic acids is 1. The molecule has 1 aromatic rings. The van der Waals surface area contributed by atoms with Crippen molar-refractivity contribution >= 4 is 58.8 Å². The standard InChI is InChI=1S/C15H22ClN3O2S.HI/c1-3-21-14(20)11-6-8-19(9-7-11)15(17-2)18-10-12-4-5-13(16)22-12;/h4-5,11H,3,6-10H2,1-2H3,(H,17,18);1H. The summed E-state index contributed by atoms with van der Waals surface area (Å²) in [7, 11) is 1.78. The molecule has 0 aliphatic carbocycles. The van der Waals surface area contributed by atoms with E-state index < -0.39 is 0 Å². The topological polar surface area (TPSA) is 53.9 Å². The SMILES string of the molecule is CCOC(=O)C1CCN(C(=NC)NCc2ccc(Cl)s2)CC1.I. The number of carbonyl (C=O) groups is 1. The molecule has 1 aliphatic heterocycles. The predicted octanol–water partition coefficient (Wildman–Crippen LogP) is 3.37. The average molecular weight is 472 g/mol. The zero-order valence-electron chi connectivity index (χ0n) is 13.4. The number of guanidine groups is 1. The normalized spacial score (nSPS) is 16.0. The number of halogens is 2. The lowest BCUT2D eigenvalue weighted by molar-refractivity contribution is -0.149. The summed E-state index contributed by atoms with van der Waals surface area (Å²) in [5.74, 6) is 0.815. The number of likely N-dealkylation sites (tertiary alicyclic amines) is 1. The van der Waals surface area contributed by atoms with Crippen LogP contribution in [0.1, 0.15) is 24.6 Å². The molecular formula is C15H23ClIN3O2S. The van der Waals surface area contributed by atoms with Crippen molar-refractivity contribution in [1.82, 2.24) is 10.2 Å². The summed E-state index contributed by atoms with van der Waals surface area (Å²) in [4.78, 5) is 19.4. The number of thiophene rings is 1. The number of hydrogen-bond donors (Lipinski definition) is 1. The van der Waals surface area contributed by atoms with Crippen molar-refractivity contribution in [3.63, 3.8) is 0 Å². The van der Waals surface area contributed by atoms with Crippen molar-refractivity contribution in [3.8, 4) is 0 Å². The van der Waals surface area contributed by atoms with Gasteiger partial charge < -0.3 is 15.0 Å². The van der Waals surface area contributed by atoms with Gasteiger partial charge in [-0.3, -0.25) is 9.79 Å². The molecule has 0 aromatic carbocycles. The van der Waals surface area contributed by atoms with Gasteiger partial charge >= 0.3 is 5.97 Å². The lowest BCUT2D eigenvalue weighted by atomic mass is 9.97. The Morgan fingerprint density at radius 2 is 2.17 bits per heavy atom. The minimum Gasteiger partial charge on any atom is -0.466 e. The Bertz CT molecular complexity index is 531. The van der Waals surface area contributed by atoms with Gasteiger partial charge in [0, 0.05) is 25.0 Å². The lowest BCUT2D eigenvalue weighted by Gasteiger charge is -2.33. The molecule has 0 saturated carbocycles. The summed E-state index contributed by atoms with van der Waals surface area (Å²) >= 11 is 7.50. The molecule has 0 spiro atoms. The van der Waals surface area contributed by atoms with Crippen LogP contribution in [0.3, 0.4) is 0 Å². The van der Waals surface area contributed by atoms with Crippen LogP contribution < -0.4 is 5.32 Å². The molecule has 2 rings (SSSR count). The van der Waals surface area contributed by atoms with Crippen molar-refractivity contribution in [2.45, 2.75) is 26.3 Å². The number of esters is 1. The number of nitrogens with one attached hydrogen (secondary N) is 1. The second kappa shape index (κ2) is 10.4. The molecule has 23 heavy (non-hydrogen) atoms. The lowest BCUT2D eigenvalue weighted by Crippen LogP contribution is -2.46. The van der Waals surface area contributed by atoms with Crippen molar-refractivity contribution in [2.24, 2.45) is 10.9 Å². The Morgan fingerprint density at radius 1 is 1.48 bits per heavy atom. The van der Waals surface area contributed by atoms with E-state index in [2.05, 4.69) is 15.2 Å². The molecule has 0 unspecified atom stereocenters. The molecule has 1 aromatic heterocycles. The molecule has 0 atom stereocenters. The Hall–Kier alpha value is -0.540. The van der Waals surface area contributed by atoms with Gasteiger partial charge in [-0.15, -0.1) is 35.3 Å². The van der Waals surface area contributed by atoms with E-state index in [-0.39, 0.29) is 35.9 Å². The highest BCUT2D eigenvalue weighted by Crippen LogP contribution is 2.22. The number of aliphatic imine (C=N–C) groups is 1. The first-order valence-electron chi connectivity index (χ1n) is 7.50. The first kappa shape index (κ1) is 20.5. The highest BCUT2D eigenvalue weighted by molar-refractivity contribution is 14.0. The van der Waals surface area contributed by atoms with Crippen LogP contribution in [0, 0.1) is 5.92 Å². The van der Waals surface area contributed by atoms with Crippen molar-refractivity contribution < 1.29 is 9.53 Å². The average Bonchev–Trinajstić information content (AvgIpc) is 2.94. The molecule has 0 bridgehead atoms. The first-order chi connectivity index (χ1) is 10.6. The molecule has 0 radical (unpaired) electrons. The van der Waals surface area contributed by atoms with Crippen LogP contribution in [-0.2, 0) is 16.1 Å². The maximum atomic E-state index is 11.8. The van der Waals surface area contributed by atoms with Gasteiger partial charge in [-0.1, -0.05) is 11.6 Å². The van der Waals surface area contributed by atoms with E-state index in [4.69, 9.17) is 16.3 Å². The molecule has 1 saturated heterocycles. The van der Waals surface area contributed by atoms with Crippen LogP contribution in [-0.4, -0.2) is 43.6 Å². The van der Waals surface area contributed by atoms with Crippen LogP contribution in [0.2, 0.25) is 4.34 Å². The molecule has 2 heterocycles. The maximum Gasteiger partial charge on any atom is 0.309 e. The van der Waals surface area contributed by atoms with E-state index in [9.17, 15) is 4.79 Å². The predicted molar refractivity (Wildman–Crippen MR) is 106 cm³/mol. The zero-order valence-corrected chi connectivity index (χ0v) is 17.3. The summed E-state index contributed by atoms with van der Waals surface area (Å²) in [5.41, 5.74) is 0. The fourth-order valence-corrected chi connectivity index (χ4v) is 3.56. The van der Waals surface area contributed by atoms with E-state index in [1.165, 1.54) is 4.88 Å². The first-order valence-corrected chi connectivity index (χ1v) is 8.70. The number of ether oxygens (including phenoxy) is 1. The van der Waals surface area contributed by atoms with E-state index in [0.29, 0.717) is 13.2 Å². The third kappa shape index (κ3) is 6.11. The smallest absolute Gasteiger partial charge is 0.309 e. The third-order valence-electron chi connectivity index (χ3n) is 3.68. The van der Waals surface area contributed by atoms with E-state index in [1.807, 2.05) is 19.1 Å². The minimum atomic E-state index is -0.0710. The summed E-state index contributed by atoms with van der Waals surface area (Å²) < 4.78 is 5.89. The van der Waals surface area contributed by atoms with Crippen LogP contribution in [0.15, 0.2) is 17.1 Å². The van der Waals surface area contributed by atoms with Crippen molar-refractivity contribution in [3.05, 3.63) is 21.3 Å². The summed E-state index contributed by atoms with van der Waals surface area (Å²) in [6.07, 6.45) is 1.62. The summed E-state index contributed by atoms with van der Waals surface area (Å²) in [6, 6.07) is 3.91. The Balaban J connectivity index is 0.00000264. The van der Waals surface area contributed by atoms with E-state index >= 15 is 0 Å². The van der Waals surface area contributed by atoms with Crippen LogP contribution >= 0.6 is 46.9 Å². The molecule has 1 fully saturated rings. The fourth-order valence-electron chi connectivity index (χ4n) is 2.53. The minimum absolute atomic E-state index is 0. The molecule has 1 N–H and O–H groups in total. The highest BCUT2D eigenvalue weighted by atomic mass is 127. The van der Waals surface area contributed by atoms with Gasteiger partial charge in [0.05, 0.1) is 23.4 Å². The number of piperidine rings is 1. The Labute approximate surface area is 163 Å². The number of hydrogen-bond acceptors (Lipinski definition) is 4. The monoisotopic (exact) mass is 471 g/mol. The molecule has 5 nitrogen and oxygen atoms in total. The van der Waals surface area contributed by atoms with Gasteiger partial charge in [0.15, 0.2) is 5.96 Å². The van der Waals surface area contributed by atoms with Gasteiger partial charge in [-0.05, 0) is 31.9 Å². The van der Waals surface area contributed by atoms with Crippen LogP contribution in [0.4, 0.5) is 0 Å². The van der Waals surface area contributed by atoms with Gasteiger partial charge in [0.2, 0.25) is 0 Å². The van der Waals surface area contributed by atoms with Crippen molar-refractivity contribution in [1.29, 1.82) is 0 Å². The zero-order chi connectivity index (χ0) is 15.9. The third-order valence-corrected chi connectivity index (χ3v) is 4.91. The Morgan fingerprint density at radius 3 is 2.70 bits per heavy atom.